The Bertz CT molecular complexity index is 549. The molecule has 1 heterocycles. The van der Waals surface area contributed by atoms with Crippen LogP contribution >= 0.6 is 0 Å². The predicted molar refractivity (Wildman–Crippen MR) is 104 cm³/mol. The van der Waals surface area contributed by atoms with Gasteiger partial charge in [0.05, 0.1) is 37.4 Å². The Balaban J connectivity index is 2.65. The molecule has 0 aromatic heterocycles. The molecule has 0 bridgehead atoms. The Labute approximate surface area is 164 Å². The Kier molecular flexibility index (Phi) is 12.8. The number of rotatable bonds is 8. The summed E-state index contributed by atoms with van der Waals surface area (Å²) in [5.74, 6) is -1.05. The molecule has 0 amide bonds. The van der Waals surface area contributed by atoms with E-state index in [1.807, 2.05) is 0 Å². The number of nitrogens with zero attached hydrogens (tertiary/aromatic N) is 2. The second kappa shape index (κ2) is 15.3. The van der Waals surface area contributed by atoms with Gasteiger partial charge in [-0.1, -0.05) is 0 Å². The number of hydrogen-bond donors (Lipinski definition) is 4. The summed E-state index contributed by atoms with van der Waals surface area (Å²) in [4.78, 5) is 32.4. The molecule has 4 N–H and O–H groups in total. The van der Waals surface area contributed by atoms with Gasteiger partial charge >= 0.3 is 11.9 Å². The highest BCUT2D eigenvalue weighted by Gasteiger charge is 2.10. The van der Waals surface area contributed by atoms with Crippen molar-refractivity contribution in [3.05, 3.63) is 23.5 Å². The maximum absolute atomic E-state index is 12.0. The van der Waals surface area contributed by atoms with Crippen LogP contribution < -0.4 is 10.6 Å². The van der Waals surface area contributed by atoms with Crippen LogP contribution in [-0.4, -0.2) is 87.2 Å². The molecule has 0 saturated carbocycles. The molecule has 0 atom stereocenters. The number of aliphatic hydroxyl groups is 2. The molecule has 0 unspecified atom stereocenters. The average Bonchev–Trinajstić information content (AvgIpc) is 2.69. The van der Waals surface area contributed by atoms with E-state index in [1.165, 1.54) is 24.8 Å². The van der Waals surface area contributed by atoms with Crippen LogP contribution in [0.1, 0.15) is 12.8 Å². The summed E-state index contributed by atoms with van der Waals surface area (Å²) in [7, 11) is 0. The van der Waals surface area contributed by atoms with Crippen molar-refractivity contribution in [2.45, 2.75) is 12.8 Å². The van der Waals surface area contributed by atoms with E-state index in [2.05, 4.69) is 20.6 Å². The first kappa shape index (κ1) is 23.3. The predicted octanol–water partition coefficient (Wildman–Crippen LogP) is -1.06. The zero-order valence-electron chi connectivity index (χ0n) is 15.8. The number of ether oxygens (including phenoxy) is 2. The minimum absolute atomic E-state index is 0.0488. The number of carbonyl (C=O) groups is 2. The van der Waals surface area contributed by atoms with Crippen molar-refractivity contribution in [3.8, 4) is 0 Å². The summed E-state index contributed by atoms with van der Waals surface area (Å²) < 4.78 is 10.1. The highest BCUT2D eigenvalue weighted by atomic mass is 16.5. The minimum atomic E-state index is -0.527. The van der Waals surface area contributed by atoms with Crippen molar-refractivity contribution in [1.82, 2.24) is 10.6 Å². The molecule has 0 aromatic rings. The highest BCUT2D eigenvalue weighted by molar-refractivity contribution is 6.09. The van der Waals surface area contributed by atoms with Gasteiger partial charge in [-0.3, -0.25) is 9.98 Å². The molecule has 156 valence electrons. The first-order chi connectivity index (χ1) is 13.7. The van der Waals surface area contributed by atoms with Gasteiger partial charge in [-0.05, 0) is 0 Å². The van der Waals surface area contributed by atoms with Gasteiger partial charge in [0.15, 0.2) is 0 Å². The van der Waals surface area contributed by atoms with Crippen molar-refractivity contribution in [2.75, 3.05) is 52.6 Å². The molecule has 0 aromatic carbocycles. The molecule has 10 heteroatoms. The molecular weight excluding hydrogens is 368 g/mol. The lowest BCUT2D eigenvalue weighted by Gasteiger charge is -2.07. The van der Waals surface area contributed by atoms with E-state index in [4.69, 9.17) is 19.7 Å². The monoisotopic (exact) mass is 396 g/mol. The molecule has 1 rings (SSSR count). The number of nitrogens with one attached hydrogen (secondary N) is 2. The van der Waals surface area contributed by atoms with Gasteiger partial charge in [-0.2, -0.15) is 0 Å². The smallest absolute Gasteiger partial charge is 0.341 e. The van der Waals surface area contributed by atoms with E-state index >= 15 is 0 Å². The largest absolute Gasteiger partial charge is 0.462 e. The number of carbonyl (C=O) groups excluding carboxylic acids is 2. The summed E-state index contributed by atoms with van der Waals surface area (Å²) in [5, 5.41) is 23.4. The standard InChI is InChI=1S/C18H28N4O6/c23-7-1-9-27-17(25)15-11-19-3-5-21-13-16(14-22-6-4-20-12-15)18(26)28-10-2-8-24/h11-14,19,22-24H,1-10H2/b15-11+,16-14+,20-12?,21-13?. The van der Waals surface area contributed by atoms with E-state index in [-0.39, 0.29) is 37.6 Å². The lowest BCUT2D eigenvalue weighted by Crippen LogP contribution is -2.19. The van der Waals surface area contributed by atoms with Crippen molar-refractivity contribution in [1.29, 1.82) is 0 Å². The molecule has 0 radical (unpaired) electrons. The van der Waals surface area contributed by atoms with E-state index < -0.39 is 11.9 Å². The van der Waals surface area contributed by atoms with Crippen molar-refractivity contribution < 1.29 is 29.3 Å². The zero-order valence-corrected chi connectivity index (χ0v) is 15.8. The van der Waals surface area contributed by atoms with Crippen molar-refractivity contribution in [3.63, 3.8) is 0 Å². The number of hydrogen-bond acceptors (Lipinski definition) is 10. The van der Waals surface area contributed by atoms with Gasteiger partial charge in [-0.25, -0.2) is 9.59 Å². The quantitative estimate of drug-likeness (QED) is 0.300. The van der Waals surface area contributed by atoms with Crippen LogP contribution in [0.2, 0.25) is 0 Å². The first-order valence-electron chi connectivity index (χ1n) is 9.11. The maximum Gasteiger partial charge on any atom is 0.341 e. The lowest BCUT2D eigenvalue weighted by molar-refractivity contribution is -0.139. The normalized spacial score (nSPS) is 19.1. The fourth-order valence-corrected chi connectivity index (χ4v) is 1.87. The van der Waals surface area contributed by atoms with Gasteiger partial charge in [0.25, 0.3) is 0 Å². The minimum Gasteiger partial charge on any atom is -0.462 e. The maximum atomic E-state index is 12.0. The van der Waals surface area contributed by atoms with Gasteiger partial charge in [0.2, 0.25) is 0 Å². The van der Waals surface area contributed by atoms with Gasteiger partial charge in [-0.15, -0.1) is 0 Å². The van der Waals surface area contributed by atoms with E-state index in [1.54, 1.807) is 0 Å². The topological polar surface area (TPSA) is 142 Å². The highest BCUT2D eigenvalue weighted by Crippen LogP contribution is 1.98. The summed E-state index contributed by atoms with van der Waals surface area (Å²) >= 11 is 0. The number of esters is 2. The molecule has 0 aliphatic carbocycles. The van der Waals surface area contributed by atoms with Crippen LogP contribution in [0.3, 0.4) is 0 Å². The Morgan fingerprint density at radius 3 is 1.68 bits per heavy atom. The third kappa shape index (κ3) is 10.4. The first-order valence-corrected chi connectivity index (χ1v) is 9.11. The zero-order chi connectivity index (χ0) is 20.5. The molecule has 10 nitrogen and oxygen atoms in total. The Morgan fingerprint density at radius 2 is 1.29 bits per heavy atom. The van der Waals surface area contributed by atoms with E-state index in [9.17, 15) is 9.59 Å². The third-order valence-electron chi connectivity index (χ3n) is 3.29. The fraction of sp³-hybridized carbons (Fsp3) is 0.556. The molecule has 0 fully saturated rings. The van der Waals surface area contributed by atoms with Crippen LogP contribution in [0, 0.1) is 0 Å². The summed E-state index contributed by atoms with van der Waals surface area (Å²) in [6, 6.07) is 0. The molecule has 0 saturated heterocycles. The summed E-state index contributed by atoms with van der Waals surface area (Å²) in [5.41, 5.74) is 0.533. The molecule has 1 aliphatic rings. The van der Waals surface area contributed by atoms with Crippen LogP contribution in [0.5, 0.6) is 0 Å². The summed E-state index contributed by atoms with van der Waals surface area (Å²) in [6.07, 6.45) is 6.58. The number of aliphatic imine (C=N–C) groups is 2. The van der Waals surface area contributed by atoms with Crippen LogP contribution in [0.4, 0.5) is 0 Å². The second-order valence-electron chi connectivity index (χ2n) is 5.60. The molecule has 0 spiro atoms. The van der Waals surface area contributed by atoms with Crippen LogP contribution in [-0.2, 0) is 19.1 Å². The molecule has 1 aliphatic heterocycles. The van der Waals surface area contributed by atoms with Crippen molar-refractivity contribution in [2.24, 2.45) is 9.98 Å². The van der Waals surface area contributed by atoms with Crippen LogP contribution in [0.15, 0.2) is 33.5 Å². The molecular formula is C18H28N4O6. The SMILES string of the molecule is O=C(OCCCO)/C1=C/NCCN=C/C(C(=O)OCCCO)=C\NCCN=C1. The van der Waals surface area contributed by atoms with Crippen LogP contribution in [0.25, 0.3) is 0 Å². The van der Waals surface area contributed by atoms with E-state index in [0.717, 1.165) is 0 Å². The lowest BCUT2D eigenvalue weighted by atomic mass is 10.3. The Morgan fingerprint density at radius 1 is 0.857 bits per heavy atom. The second-order valence-corrected chi connectivity index (χ2v) is 5.60. The van der Waals surface area contributed by atoms with Gasteiger partial charge < -0.3 is 30.3 Å². The summed E-state index contributed by atoms with van der Waals surface area (Å²) in [6.45, 7) is 1.75. The van der Waals surface area contributed by atoms with Crippen molar-refractivity contribution >= 4 is 24.4 Å². The third-order valence-corrected chi connectivity index (χ3v) is 3.29. The van der Waals surface area contributed by atoms with Gasteiger partial charge in [0.1, 0.15) is 0 Å². The van der Waals surface area contributed by atoms with E-state index in [0.29, 0.717) is 39.0 Å². The van der Waals surface area contributed by atoms with Gasteiger partial charge in [0, 0.05) is 64.0 Å². The number of aliphatic hydroxyl groups excluding tert-OH is 2. The Hall–Kier alpha value is -2.72. The molecule has 28 heavy (non-hydrogen) atoms. The average molecular weight is 396 g/mol. The fourth-order valence-electron chi connectivity index (χ4n) is 1.87.